The summed E-state index contributed by atoms with van der Waals surface area (Å²) in [5.74, 6) is -0.339. The topological polar surface area (TPSA) is 195 Å². The molecule has 0 radical (unpaired) electrons. The van der Waals surface area contributed by atoms with Crippen LogP contribution in [0.2, 0.25) is 0 Å². The van der Waals surface area contributed by atoms with Crippen molar-refractivity contribution < 1.29 is 42.6 Å². The molecule has 1 unspecified atom stereocenters. The van der Waals surface area contributed by atoms with Crippen LogP contribution in [0.1, 0.15) is 140 Å². The Morgan fingerprint density at radius 3 is 2.26 bits per heavy atom. The van der Waals surface area contributed by atoms with Crippen molar-refractivity contribution in [3.63, 3.8) is 0 Å². The van der Waals surface area contributed by atoms with Crippen LogP contribution in [-0.4, -0.2) is 66.8 Å². The molecule has 3 aromatic rings. The van der Waals surface area contributed by atoms with Crippen LogP contribution in [-0.2, 0) is 29.7 Å². The third-order valence-corrected chi connectivity index (χ3v) is 11.0. The molecule has 2 aromatic heterocycles. The number of nitrogens with two attached hydrogens (primary N) is 1. The highest BCUT2D eigenvalue weighted by Crippen LogP contribution is 2.48. The van der Waals surface area contributed by atoms with E-state index in [4.69, 9.17) is 24.3 Å². The number of phosphoric ester groups is 1. The molecule has 1 saturated heterocycles. The van der Waals surface area contributed by atoms with Gasteiger partial charge in [-0.1, -0.05) is 103 Å². The van der Waals surface area contributed by atoms with Crippen molar-refractivity contribution >= 4 is 19.2 Å². The maximum Gasteiger partial charge on any atom is 0.472 e. The molecule has 13 nitrogen and oxygen atoms in total. The van der Waals surface area contributed by atoms with E-state index < -0.39 is 50.3 Å². The van der Waals surface area contributed by atoms with Crippen molar-refractivity contribution in [3.8, 4) is 6.07 Å². The van der Waals surface area contributed by atoms with Crippen LogP contribution in [0.3, 0.4) is 0 Å². The lowest BCUT2D eigenvalue weighted by Gasteiger charge is -2.28. The molecule has 0 aliphatic carbocycles. The van der Waals surface area contributed by atoms with Gasteiger partial charge in [-0.05, 0) is 49.2 Å². The number of aromatic nitrogens is 3. The van der Waals surface area contributed by atoms with E-state index in [0.29, 0.717) is 23.2 Å². The number of aliphatic hydroxyl groups excluding tert-OH is 2. The van der Waals surface area contributed by atoms with E-state index in [9.17, 15) is 29.3 Å². The first-order valence-electron chi connectivity index (χ1n) is 19.5. The molecule has 300 valence electrons. The molecular weight excluding hydrogens is 716 g/mol. The second-order valence-corrected chi connectivity index (χ2v) is 16.1. The molecule has 6 atom stereocenters. The zero-order valence-corrected chi connectivity index (χ0v) is 32.7. The predicted molar refractivity (Wildman–Crippen MR) is 203 cm³/mol. The summed E-state index contributed by atoms with van der Waals surface area (Å²) >= 11 is 0. The summed E-state index contributed by atoms with van der Waals surface area (Å²) in [7, 11) is -4.70. The van der Waals surface area contributed by atoms with Crippen molar-refractivity contribution in [1.29, 1.82) is 5.26 Å². The van der Waals surface area contributed by atoms with Crippen molar-refractivity contribution in [2.45, 2.75) is 153 Å². The van der Waals surface area contributed by atoms with Crippen molar-refractivity contribution in [2.75, 3.05) is 18.9 Å². The number of rotatable bonds is 26. The number of phosphoric acid groups is 1. The Bertz CT molecular complexity index is 1670. The quantitative estimate of drug-likeness (QED) is 0.0456. The van der Waals surface area contributed by atoms with E-state index in [2.05, 4.69) is 17.0 Å². The van der Waals surface area contributed by atoms with E-state index in [1.54, 1.807) is 12.1 Å². The summed E-state index contributed by atoms with van der Waals surface area (Å²) < 4.78 is 51.3. The molecule has 15 heteroatoms. The molecule has 0 amide bonds. The van der Waals surface area contributed by atoms with Crippen LogP contribution in [0.4, 0.5) is 10.2 Å². The summed E-state index contributed by atoms with van der Waals surface area (Å²) in [4.78, 5) is 14.6. The number of anilines is 1. The fourth-order valence-electron chi connectivity index (χ4n) is 6.89. The van der Waals surface area contributed by atoms with E-state index in [1.165, 1.54) is 101 Å². The minimum absolute atomic E-state index is 0.0296. The highest BCUT2D eigenvalue weighted by molar-refractivity contribution is 7.47. The summed E-state index contributed by atoms with van der Waals surface area (Å²) in [6.07, 6.45) is 15.5. The molecular formula is C39H59FN5O8P. The zero-order valence-electron chi connectivity index (χ0n) is 31.8. The molecule has 0 bridgehead atoms. The van der Waals surface area contributed by atoms with E-state index in [0.717, 1.165) is 31.7 Å². The van der Waals surface area contributed by atoms with Gasteiger partial charge in [0.1, 0.15) is 41.6 Å². The molecule has 1 fully saturated rings. The fraction of sp³-hybridized carbons (Fsp3) is 0.667. The van der Waals surface area contributed by atoms with E-state index >= 15 is 0 Å². The van der Waals surface area contributed by atoms with Gasteiger partial charge in [0, 0.05) is 0 Å². The normalized spacial score (nSPS) is 21.7. The zero-order chi connectivity index (χ0) is 39.0. The van der Waals surface area contributed by atoms with E-state index in [1.807, 2.05) is 6.07 Å². The highest BCUT2D eigenvalue weighted by atomic mass is 31.2. The van der Waals surface area contributed by atoms with Crippen molar-refractivity contribution in [1.82, 2.24) is 14.6 Å². The van der Waals surface area contributed by atoms with Crippen LogP contribution < -0.4 is 5.73 Å². The Labute approximate surface area is 318 Å². The Hall–Kier alpha value is -2.99. The van der Waals surface area contributed by atoms with Gasteiger partial charge < -0.3 is 30.3 Å². The lowest BCUT2D eigenvalue weighted by atomic mass is 9.97. The van der Waals surface area contributed by atoms with Gasteiger partial charge in [-0.2, -0.15) is 10.4 Å². The van der Waals surface area contributed by atoms with Crippen LogP contribution in [0.25, 0.3) is 5.52 Å². The number of hydrogen-bond acceptors (Lipinski definition) is 11. The number of aliphatic hydroxyl groups is 2. The molecule has 1 aromatic carbocycles. The lowest BCUT2D eigenvalue weighted by molar-refractivity contribution is -0.101. The second-order valence-electron chi connectivity index (χ2n) is 14.7. The Morgan fingerprint density at radius 2 is 1.63 bits per heavy atom. The monoisotopic (exact) mass is 775 g/mol. The van der Waals surface area contributed by atoms with Crippen LogP contribution >= 0.6 is 7.82 Å². The summed E-state index contributed by atoms with van der Waals surface area (Å²) in [5, 5.41) is 35.2. The average Bonchev–Trinajstić information content (AvgIpc) is 3.68. The summed E-state index contributed by atoms with van der Waals surface area (Å²) in [6, 6.07) is 9.17. The molecule has 54 heavy (non-hydrogen) atoms. The minimum atomic E-state index is -4.70. The molecule has 1 aliphatic rings. The third-order valence-electron chi connectivity index (χ3n) is 10.1. The van der Waals surface area contributed by atoms with Gasteiger partial charge in [-0.25, -0.2) is 18.5 Å². The summed E-state index contributed by atoms with van der Waals surface area (Å²) in [5.41, 5.74) is 5.84. The number of ether oxygens (including phenoxy) is 2. The first kappa shape index (κ1) is 43.7. The van der Waals surface area contributed by atoms with Gasteiger partial charge >= 0.3 is 7.82 Å². The molecule has 4 rings (SSSR count). The Balaban J connectivity index is 1.23. The second kappa shape index (κ2) is 21.9. The smallest absolute Gasteiger partial charge is 0.387 e. The number of nitrogens with zero attached hydrogens (tertiary/aromatic N) is 4. The maximum absolute atomic E-state index is 14.1. The third kappa shape index (κ3) is 13.3. The molecule has 3 heterocycles. The van der Waals surface area contributed by atoms with Gasteiger partial charge in [0.2, 0.25) is 0 Å². The van der Waals surface area contributed by atoms with Crippen LogP contribution in [0, 0.1) is 17.1 Å². The van der Waals surface area contributed by atoms with Gasteiger partial charge in [0.05, 0.1) is 43.3 Å². The molecule has 0 spiro atoms. The molecule has 0 saturated carbocycles. The number of benzene rings is 1. The minimum Gasteiger partial charge on any atom is -0.387 e. The predicted octanol–water partition coefficient (Wildman–Crippen LogP) is 7.85. The molecule has 1 aliphatic heterocycles. The largest absolute Gasteiger partial charge is 0.472 e. The summed E-state index contributed by atoms with van der Waals surface area (Å²) in [6.45, 7) is 2.79. The van der Waals surface area contributed by atoms with E-state index in [-0.39, 0.29) is 24.6 Å². The maximum atomic E-state index is 14.1. The van der Waals surface area contributed by atoms with Crippen LogP contribution in [0.5, 0.6) is 0 Å². The molecule has 5 N–H and O–H groups in total. The first-order valence-corrected chi connectivity index (χ1v) is 21.0. The van der Waals surface area contributed by atoms with Crippen molar-refractivity contribution in [3.05, 3.63) is 59.3 Å². The van der Waals surface area contributed by atoms with Crippen molar-refractivity contribution in [2.24, 2.45) is 0 Å². The Morgan fingerprint density at radius 1 is 1.00 bits per heavy atom. The first-order chi connectivity index (χ1) is 26.0. The fourth-order valence-corrected chi connectivity index (χ4v) is 7.74. The standard InChI is InChI=1S/C39H59FN5O8P/c1-3-4-5-6-7-8-9-10-11-12-13-14-15-16-17-18-32(50-25-30-21-29(24-41)22-31(40)23-30)26-51-54(48,49)52-27-39(2)37(47)35(46)36(53-39)33-19-20-34-38(42)43-28-44-45(33)34/h19-23,28,32,35-37,46-47H,3-18,25-27H2,1-2H3,(H,48,49)(H2,42,43,44)/t32-,35-,36-,37-,39+/m0/s1. The van der Waals surface area contributed by atoms with Gasteiger partial charge in [0.25, 0.3) is 0 Å². The number of nitriles is 1. The van der Waals surface area contributed by atoms with Gasteiger partial charge in [0.15, 0.2) is 5.82 Å². The SMILES string of the molecule is CCCCCCCCCCCCCCCCC[C@@H](COP(=O)(O)OC[C@@]1(C)O[C@@H](c2ccc3c(N)ncnn23)[C@H](O)[C@@H]1O)OCc1cc(F)cc(C#N)c1. The Kier molecular flexibility index (Phi) is 17.8. The highest BCUT2D eigenvalue weighted by Gasteiger charge is 2.53. The van der Waals surface area contributed by atoms with Gasteiger partial charge in [-0.15, -0.1) is 0 Å². The number of fused-ring (bicyclic) bond motifs is 1. The number of unbranched alkanes of at least 4 members (excludes halogenated alkanes) is 14. The number of nitrogen functional groups attached to an aromatic ring is 1. The number of halogens is 1. The number of hydrogen-bond donors (Lipinski definition) is 4. The lowest BCUT2D eigenvalue weighted by Crippen LogP contribution is -2.44. The van der Waals surface area contributed by atoms with Gasteiger partial charge in [-0.3, -0.25) is 9.05 Å². The van der Waals surface area contributed by atoms with Crippen LogP contribution in [0.15, 0.2) is 36.7 Å². The average molecular weight is 776 g/mol.